The van der Waals surface area contributed by atoms with Crippen LogP contribution in [0.3, 0.4) is 0 Å². The highest BCUT2D eigenvalue weighted by atomic mass is 35.5. The zero-order valence-electron chi connectivity index (χ0n) is 14.9. The van der Waals surface area contributed by atoms with Crippen molar-refractivity contribution in [2.45, 2.75) is 13.0 Å². The lowest BCUT2D eigenvalue weighted by Gasteiger charge is -2.15. The summed E-state index contributed by atoms with van der Waals surface area (Å²) >= 11 is 5.83. The molecule has 1 N–H and O–H groups in total. The number of aromatic nitrogens is 1. The normalized spacial score (nSPS) is 11.3. The number of fused-ring (bicyclic) bond motifs is 1. The topological polar surface area (TPSA) is 62.0 Å². The number of carboxylic acid groups (broad SMARTS) is 1. The number of pyridine rings is 2. The summed E-state index contributed by atoms with van der Waals surface area (Å²) in [5.41, 5.74) is 1.50. The molecule has 3 aromatic rings. The van der Waals surface area contributed by atoms with Crippen molar-refractivity contribution in [3.63, 3.8) is 0 Å². The highest BCUT2D eigenvalue weighted by Gasteiger charge is 2.16. The third-order valence-corrected chi connectivity index (χ3v) is 4.54. The predicted octanol–water partition coefficient (Wildman–Crippen LogP) is 3.44. The minimum absolute atomic E-state index is 0.0342. The van der Waals surface area contributed by atoms with Crippen molar-refractivity contribution in [3.05, 3.63) is 86.0 Å². The molecule has 140 valence electrons. The number of hydrogen-bond donors (Lipinski definition) is 1. The molecule has 0 bridgehead atoms. The van der Waals surface area contributed by atoms with Crippen LogP contribution in [0.25, 0.3) is 5.52 Å². The van der Waals surface area contributed by atoms with Gasteiger partial charge >= 0.3 is 5.97 Å². The van der Waals surface area contributed by atoms with Gasteiger partial charge in [-0.05, 0) is 49.0 Å². The number of aromatic carboxylic acids is 1. The van der Waals surface area contributed by atoms with Crippen LogP contribution in [0.1, 0.15) is 27.0 Å². The van der Waals surface area contributed by atoms with E-state index >= 15 is 0 Å². The summed E-state index contributed by atoms with van der Waals surface area (Å²) in [5, 5.41) is 9.40. The number of rotatable bonds is 5. The van der Waals surface area contributed by atoms with Crippen LogP contribution in [0.4, 0.5) is 4.39 Å². The second-order valence-electron chi connectivity index (χ2n) is 6.61. The Morgan fingerprint density at radius 3 is 2.63 bits per heavy atom. The van der Waals surface area contributed by atoms with Gasteiger partial charge in [-0.25, -0.2) is 9.18 Å². The van der Waals surface area contributed by atoms with E-state index in [0.29, 0.717) is 23.2 Å². The summed E-state index contributed by atoms with van der Waals surface area (Å²) < 4.78 is 15.5. The van der Waals surface area contributed by atoms with Crippen LogP contribution in [0.5, 0.6) is 0 Å². The molecule has 7 heteroatoms. The zero-order chi connectivity index (χ0) is 19.7. The van der Waals surface area contributed by atoms with Crippen molar-refractivity contribution in [1.29, 1.82) is 0 Å². The lowest BCUT2D eigenvalue weighted by Crippen LogP contribution is -2.24. The van der Waals surface area contributed by atoms with Crippen molar-refractivity contribution in [2.24, 2.45) is 0 Å². The summed E-state index contributed by atoms with van der Waals surface area (Å²) in [7, 11) is 3.72. The molecule has 0 atom stereocenters. The van der Waals surface area contributed by atoms with E-state index in [9.17, 15) is 19.1 Å². The molecule has 27 heavy (non-hydrogen) atoms. The van der Waals surface area contributed by atoms with Crippen molar-refractivity contribution in [3.8, 4) is 0 Å². The van der Waals surface area contributed by atoms with Crippen LogP contribution in [-0.4, -0.2) is 34.5 Å². The van der Waals surface area contributed by atoms with Gasteiger partial charge in [-0.15, -0.1) is 0 Å². The van der Waals surface area contributed by atoms with Crippen molar-refractivity contribution in [1.82, 2.24) is 9.30 Å². The number of halogens is 2. The maximum Gasteiger partial charge on any atom is 0.341 e. The van der Waals surface area contributed by atoms with Gasteiger partial charge in [0.15, 0.2) is 0 Å². The number of hydrogen-bond acceptors (Lipinski definition) is 3. The molecule has 0 unspecified atom stereocenters. The Hall–Kier alpha value is -2.70. The molecule has 0 amide bonds. The van der Waals surface area contributed by atoms with E-state index in [-0.39, 0.29) is 17.0 Å². The van der Waals surface area contributed by atoms with Crippen LogP contribution in [0, 0.1) is 5.82 Å². The fourth-order valence-electron chi connectivity index (χ4n) is 3.04. The van der Waals surface area contributed by atoms with Gasteiger partial charge in [0, 0.05) is 19.2 Å². The molecule has 0 aliphatic rings. The molecule has 5 nitrogen and oxygen atoms in total. The molecule has 2 heterocycles. The first-order chi connectivity index (χ1) is 12.8. The van der Waals surface area contributed by atoms with E-state index < -0.39 is 17.3 Å². The largest absolute Gasteiger partial charge is 0.477 e. The smallest absolute Gasteiger partial charge is 0.341 e. The predicted molar refractivity (Wildman–Crippen MR) is 102 cm³/mol. The van der Waals surface area contributed by atoms with E-state index in [2.05, 4.69) is 0 Å². The fraction of sp³-hybridized carbons (Fsp3) is 0.200. The average Bonchev–Trinajstić information content (AvgIpc) is 2.61. The lowest BCUT2D eigenvalue weighted by atomic mass is 10.0. The summed E-state index contributed by atoms with van der Waals surface area (Å²) in [6.45, 7) is 0.479. The first kappa shape index (κ1) is 19.1. The monoisotopic (exact) mass is 388 g/mol. The first-order valence-electron chi connectivity index (χ1n) is 8.26. The molecule has 0 radical (unpaired) electrons. The Morgan fingerprint density at radius 2 is 1.96 bits per heavy atom. The third kappa shape index (κ3) is 3.86. The lowest BCUT2D eigenvalue weighted by molar-refractivity contribution is 0.0694. The maximum atomic E-state index is 14.2. The summed E-state index contributed by atoms with van der Waals surface area (Å²) in [4.78, 5) is 26.0. The Balaban J connectivity index is 2.15. The number of nitrogens with zero attached hydrogens (tertiary/aromatic N) is 2. The minimum Gasteiger partial charge on any atom is -0.477 e. The Labute approximate surface area is 160 Å². The number of carboxylic acids is 1. The molecule has 1 aromatic carbocycles. The van der Waals surface area contributed by atoms with Gasteiger partial charge in [-0.2, -0.15) is 0 Å². The second kappa shape index (κ2) is 7.50. The molecule has 0 fully saturated rings. The van der Waals surface area contributed by atoms with Crippen LogP contribution < -0.4 is 5.56 Å². The van der Waals surface area contributed by atoms with Crippen LogP contribution in [0.2, 0.25) is 5.02 Å². The van der Waals surface area contributed by atoms with E-state index in [0.717, 1.165) is 5.56 Å². The van der Waals surface area contributed by atoms with Gasteiger partial charge in [0.25, 0.3) is 5.56 Å². The van der Waals surface area contributed by atoms with Gasteiger partial charge < -0.3 is 10.0 Å². The number of benzene rings is 1. The molecule has 0 saturated carbocycles. The highest BCUT2D eigenvalue weighted by molar-refractivity contribution is 6.30. The van der Waals surface area contributed by atoms with Gasteiger partial charge in [0.1, 0.15) is 11.4 Å². The van der Waals surface area contributed by atoms with E-state index in [4.69, 9.17) is 11.6 Å². The SMILES string of the molecule is CN(C)Cc1cc(C(=O)O)c(=O)n2cc(Cc3cccc(Cl)c3F)ccc12. The van der Waals surface area contributed by atoms with Crippen molar-refractivity contribution in [2.75, 3.05) is 14.1 Å². The molecule has 3 rings (SSSR count). The standard InChI is InChI=1S/C20H18ClFN2O3/c1-23(2)11-14-9-15(20(26)27)19(25)24-10-12(6-7-17(14)24)8-13-4-3-5-16(21)18(13)22/h3-7,9-10H,8,11H2,1-2H3,(H,26,27). The van der Waals surface area contributed by atoms with E-state index in [1.165, 1.54) is 16.5 Å². The van der Waals surface area contributed by atoms with Gasteiger partial charge in [0.05, 0.1) is 10.5 Å². The molecule has 2 aromatic heterocycles. The van der Waals surface area contributed by atoms with Crippen LogP contribution in [0.15, 0.2) is 47.4 Å². The second-order valence-corrected chi connectivity index (χ2v) is 7.02. The summed E-state index contributed by atoms with van der Waals surface area (Å²) in [6.07, 6.45) is 1.79. The van der Waals surface area contributed by atoms with Crippen LogP contribution >= 0.6 is 11.6 Å². The highest BCUT2D eigenvalue weighted by Crippen LogP contribution is 2.21. The number of carbonyl (C=O) groups is 1. The van der Waals surface area contributed by atoms with Crippen molar-refractivity contribution >= 4 is 23.1 Å². The van der Waals surface area contributed by atoms with E-state index in [1.54, 1.807) is 30.5 Å². The first-order valence-corrected chi connectivity index (χ1v) is 8.64. The third-order valence-electron chi connectivity index (χ3n) is 4.25. The molecule has 0 aliphatic carbocycles. The molecule has 0 spiro atoms. The molecule has 0 aliphatic heterocycles. The maximum absolute atomic E-state index is 14.2. The summed E-state index contributed by atoms with van der Waals surface area (Å²) in [5.74, 6) is -1.78. The van der Waals surface area contributed by atoms with E-state index in [1.807, 2.05) is 19.0 Å². The van der Waals surface area contributed by atoms with Gasteiger partial charge in [-0.3, -0.25) is 9.20 Å². The minimum atomic E-state index is -1.28. The molecule has 0 saturated heterocycles. The molecular formula is C20H18ClFN2O3. The Morgan fingerprint density at radius 1 is 1.22 bits per heavy atom. The quantitative estimate of drug-likeness (QED) is 0.727. The van der Waals surface area contributed by atoms with Gasteiger partial charge in [-0.1, -0.05) is 29.8 Å². The fourth-order valence-corrected chi connectivity index (χ4v) is 3.24. The average molecular weight is 389 g/mol. The zero-order valence-corrected chi connectivity index (χ0v) is 15.6. The Kier molecular flexibility index (Phi) is 5.30. The van der Waals surface area contributed by atoms with Crippen molar-refractivity contribution < 1.29 is 14.3 Å². The van der Waals surface area contributed by atoms with Gasteiger partial charge in [0.2, 0.25) is 0 Å². The molecular weight excluding hydrogens is 371 g/mol. The van der Waals surface area contributed by atoms with Crippen LogP contribution in [-0.2, 0) is 13.0 Å². The summed E-state index contributed by atoms with van der Waals surface area (Å²) in [6, 6.07) is 9.72. The Bertz CT molecular complexity index is 1090.